The van der Waals surface area contributed by atoms with Gasteiger partial charge in [0.1, 0.15) is 0 Å². The van der Waals surface area contributed by atoms with Gasteiger partial charge in [-0.05, 0) is 214 Å². The van der Waals surface area contributed by atoms with E-state index in [0.717, 1.165) is 176 Å². The van der Waals surface area contributed by atoms with Crippen LogP contribution >= 0.6 is 0 Å². The first kappa shape index (κ1) is 69.7. The third kappa shape index (κ3) is 35.5. The van der Waals surface area contributed by atoms with E-state index in [1.165, 1.54) is 77.0 Å². The molecule has 3 fully saturated rings. The fourth-order valence-electron chi connectivity index (χ4n) is 9.61. The van der Waals surface area contributed by atoms with E-state index in [-0.39, 0.29) is 0 Å². The summed E-state index contributed by atoms with van der Waals surface area (Å²) in [6, 6.07) is 3.81. The Morgan fingerprint density at radius 3 is 0.773 bits per heavy atom. The van der Waals surface area contributed by atoms with Crippen molar-refractivity contribution in [3.05, 3.63) is 0 Å². The second-order valence-electron chi connectivity index (χ2n) is 17.6. The van der Waals surface area contributed by atoms with Crippen molar-refractivity contribution in [3.63, 3.8) is 0 Å². The monoisotopic (exact) mass is 946 g/mol. The molecule has 0 aromatic heterocycles. The zero-order valence-corrected chi connectivity index (χ0v) is 45.1. The predicted molar refractivity (Wildman–Crippen MR) is 294 cm³/mol. The van der Waals surface area contributed by atoms with Crippen molar-refractivity contribution in [3.8, 4) is 0 Å². The van der Waals surface area contributed by atoms with E-state index in [0.29, 0.717) is 36.3 Å². The summed E-state index contributed by atoms with van der Waals surface area (Å²) in [5.41, 5.74) is 51.1. The standard InChI is InChI=1S/C18H42N6.C15H35N5.C12H28N4.3C2H6/c19-9-3-13-23(14-4-10-20)17-7-1-2-8-18(17)24(15-5-11-21)16-6-12-22;16-8-3-11-19-14-6-1-2-7-15(14)20(12-4-9-17)13-5-10-18;13-7-3-9-15-11-5-1-2-6-12(11)16-10-4-8-14;3*1-2/h17-18H,1-16,19-22H2;14-15,19H,1-13,16-18H2;11-12,15-16H,1-10,13-14H2;3*1-2H3. The molecule has 6 unspecified atom stereocenters. The van der Waals surface area contributed by atoms with Gasteiger partial charge >= 0.3 is 0 Å². The molecule has 0 heterocycles. The van der Waals surface area contributed by atoms with Gasteiger partial charge in [0.05, 0.1) is 0 Å². The molecule has 0 aromatic rings. The minimum atomic E-state index is 0.617. The van der Waals surface area contributed by atoms with Crippen LogP contribution in [0.3, 0.4) is 0 Å². The molecular weight excluding hydrogens is 823 g/mol. The first-order valence-corrected chi connectivity index (χ1v) is 28.2. The van der Waals surface area contributed by atoms with Gasteiger partial charge in [0.25, 0.3) is 0 Å². The summed E-state index contributed by atoms with van der Waals surface area (Å²) in [5.74, 6) is 0. The Balaban J connectivity index is -0.000000865. The molecule has 66 heavy (non-hydrogen) atoms. The highest BCUT2D eigenvalue weighted by Gasteiger charge is 2.33. The molecule has 21 N–H and O–H groups in total. The Bertz CT molecular complexity index is 824. The smallest absolute Gasteiger partial charge is 0.0251 e. The van der Waals surface area contributed by atoms with Crippen LogP contribution in [0.2, 0.25) is 0 Å². The summed E-state index contributed by atoms with van der Waals surface area (Å²) >= 11 is 0. The molecule has 402 valence electrons. The van der Waals surface area contributed by atoms with Crippen molar-refractivity contribution in [1.82, 2.24) is 30.7 Å². The van der Waals surface area contributed by atoms with E-state index in [2.05, 4.69) is 30.7 Å². The average molecular weight is 947 g/mol. The molecule has 15 heteroatoms. The number of nitrogens with one attached hydrogen (secondary N) is 3. The van der Waals surface area contributed by atoms with Crippen LogP contribution in [0.25, 0.3) is 0 Å². The maximum atomic E-state index is 5.77. The fraction of sp³-hybridized carbons (Fsp3) is 1.00. The Kier molecular flexibility index (Phi) is 58.4. The average Bonchev–Trinajstić information content (AvgIpc) is 3.37. The van der Waals surface area contributed by atoms with Crippen molar-refractivity contribution in [2.75, 3.05) is 118 Å². The lowest BCUT2D eigenvalue weighted by Crippen LogP contribution is -2.55. The molecule has 3 saturated carbocycles. The molecule has 3 aliphatic rings. The molecule has 15 nitrogen and oxygen atoms in total. The van der Waals surface area contributed by atoms with E-state index in [1.807, 2.05) is 41.5 Å². The van der Waals surface area contributed by atoms with Gasteiger partial charge in [-0.3, -0.25) is 14.7 Å². The van der Waals surface area contributed by atoms with Gasteiger partial charge in [-0.15, -0.1) is 0 Å². The lowest BCUT2D eigenvalue weighted by atomic mass is 9.87. The summed E-state index contributed by atoms with van der Waals surface area (Å²) in [5, 5.41) is 11.0. The molecule has 0 radical (unpaired) electrons. The molecule has 3 aliphatic carbocycles. The van der Waals surface area contributed by atoms with Gasteiger partial charge in [-0.25, -0.2) is 0 Å². The number of nitrogens with zero attached hydrogens (tertiary/aromatic N) is 3. The minimum absolute atomic E-state index is 0.617. The Hall–Kier alpha value is -0.600. The number of hydrogen-bond acceptors (Lipinski definition) is 15. The van der Waals surface area contributed by atoms with E-state index < -0.39 is 0 Å². The van der Waals surface area contributed by atoms with Crippen LogP contribution < -0.4 is 67.6 Å². The largest absolute Gasteiger partial charge is 0.330 e. The molecule has 3 rings (SSSR count). The lowest BCUT2D eigenvalue weighted by Gasteiger charge is -2.45. The van der Waals surface area contributed by atoms with Gasteiger partial charge < -0.3 is 67.6 Å². The van der Waals surface area contributed by atoms with Gasteiger partial charge in [0.2, 0.25) is 0 Å². The van der Waals surface area contributed by atoms with Gasteiger partial charge in [-0.2, -0.15) is 0 Å². The van der Waals surface area contributed by atoms with Crippen LogP contribution in [0.1, 0.15) is 176 Å². The summed E-state index contributed by atoms with van der Waals surface area (Å²) in [4.78, 5) is 7.96. The molecule has 0 saturated heterocycles. The second kappa shape index (κ2) is 55.3. The first-order chi connectivity index (χ1) is 32.5. The quantitative estimate of drug-likeness (QED) is 0.0417. The summed E-state index contributed by atoms with van der Waals surface area (Å²) in [7, 11) is 0. The van der Waals surface area contributed by atoms with Crippen molar-refractivity contribution in [2.24, 2.45) is 51.6 Å². The van der Waals surface area contributed by atoms with E-state index in [4.69, 9.17) is 51.6 Å². The molecule has 0 bridgehead atoms. The zero-order valence-electron chi connectivity index (χ0n) is 45.1. The number of hydrogen-bond donors (Lipinski definition) is 12. The van der Waals surface area contributed by atoms with Crippen molar-refractivity contribution >= 4 is 0 Å². The molecule has 0 spiro atoms. The lowest BCUT2D eigenvalue weighted by molar-refractivity contribution is 0.0457. The van der Waals surface area contributed by atoms with E-state index in [1.54, 1.807) is 0 Å². The fourth-order valence-corrected chi connectivity index (χ4v) is 9.61. The first-order valence-electron chi connectivity index (χ1n) is 28.2. The number of nitrogens with two attached hydrogens (primary N) is 9. The highest BCUT2D eigenvalue weighted by molar-refractivity contribution is 4.91. The van der Waals surface area contributed by atoms with E-state index >= 15 is 0 Å². The normalized spacial score (nSPS) is 21.5. The van der Waals surface area contributed by atoms with E-state index in [9.17, 15) is 0 Å². The van der Waals surface area contributed by atoms with Crippen molar-refractivity contribution in [1.29, 1.82) is 0 Å². The molecule has 6 atom stereocenters. The minimum Gasteiger partial charge on any atom is -0.330 e. The molecule has 0 aromatic carbocycles. The van der Waals surface area contributed by atoms with Gasteiger partial charge in [0, 0.05) is 36.3 Å². The second-order valence-corrected chi connectivity index (χ2v) is 17.6. The third-order valence-electron chi connectivity index (χ3n) is 12.9. The zero-order chi connectivity index (χ0) is 49.9. The highest BCUT2D eigenvalue weighted by Crippen LogP contribution is 2.28. The van der Waals surface area contributed by atoms with Crippen molar-refractivity contribution < 1.29 is 0 Å². The SMILES string of the molecule is CC.CC.CC.NCCCN(CCCN)C1CCCCC1N(CCCN)CCCN.NCCCNC1CCCCC1N(CCCN)CCCN.NCCCNC1CCCCC1NCCCN. The van der Waals surface area contributed by atoms with Crippen LogP contribution in [-0.4, -0.2) is 169 Å². The maximum absolute atomic E-state index is 5.77. The Morgan fingerprint density at radius 1 is 0.288 bits per heavy atom. The van der Waals surface area contributed by atoms with Crippen LogP contribution in [-0.2, 0) is 0 Å². The van der Waals surface area contributed by atoms with Gasteiger partial charge in [0.15, 0.2) is 0 Å². The molecule has 0 amide bonds. The van der Waals surface area contributed by atoms with Crippen LogP contribution in [0.4, 0.5) is 0 Å². The predicted octanol–water partition coefficient (Wildman–Crippen LogP) is 3.79. The third-order valence-corrected chi connectivity index (χ3v) is 12.9. The maximum Gasteiger partial charge on any atom is 0.0251 e. The van der Waals surface area contributed by atoms with Crippen LogP contribution in [0.5, 0.6) is 0 Å². The Labute approximate surface area is 411 Å². The van der Waals surface area contributed by atoms with Crippen LogP contribution in [0.15, 0.2) is 0 Å². The van der Waals surface area contributed by atoms with Crippen molar-refractivity contribution in [2.45, 2.75) is 213 Å². The van der Waals surface area contributed by atoms with Gasteiger partial charge in [-0.1, -0.05) is 80.1 Å². The number of rotatable bonds is 33. The topological polar surface area (TPSA) is 280 Å². The summed E-state index contributed by atoms with van der Waals surface area (Å²) in [6.07, 6.45) is 25.5. The summed E-state index contributed by atoms with van der Waals surface area (Å²) < 4.78 is 0. The highest BCUT2D eigenvalue weighted by atomic mass is 15.2. The van der Waals surface area contributed by atoms with Crippen LogP contribution in [0, 0.1) is 0 Å². The Morgan fingerprint density at radius 2 is 0.500 bits per heavy atom. The molecule has 0 aliphatic heterocycles. The summed E-state index contributed by atoms with van der Waals surface area (Å²) in [6.45, 7) is 28.7. The molecular formula is C51H123N15.